The van der Waals surface area contributed by atoms with Gasteiger partial charge in [0.1, 0.15) is 0 Å². The van der Waals surface area contributed by atoms with Crippen molar-refractivity contribution in [3.8, 4) is 0 Å². The highest BCUT2D eigenvalue weighted by atomic mass is 15.3. The smallest absolute Gasteiger partial charge is 0.0689 e. The maximum Gasteiger partial charge on any atom is 0.0689 e. The molecule has 0 saturated heterocycles. The van der Waals surface area contributed by atoms with Crippen molar-refractivity contribution in [3.63, 3.8) is 0 Å². The summed E-state index contributed by atoms with van der Waals surface area (Å²) in [5.74, 6) is 1.99. The lowest BCUT2D eigenvalue weighted by Gasteiger charge is -2.04. The molecule has 0 N–H and O–H groups in total. The van der Waals surface area contributed by atoms with Crippen LogP contribution in [0.5, 0.6) is 0 Å². The molecule has 0 spiro atoms. The molecule has 0 unspecified atom stereocenters. The van der Waals surface area contributed by atoms with E-state index in [9.17, 15) is 0 Å². The summed E-state index contributed by atoms with van der Waals surface area (Å²) in [7, 11) is 4.01. The number of aryl methyl sites for hydroxylation is 3. The van der Waals surface area contributed by atoms with Crippen molar-refractivity contribution < 1.29 is 0 Å². The van der Waals surface area contributed by atoms with Crippen LogP contribution in [0.25, 0.3) is 0 Å². The first-order valence-electron chi connectivity index (χ1n) is 8.75. The Labute approximate surface area is 140 Å². The number of aromatic nitrogens is 4. The molecule has 2 aromatic rings. The molecule has 0 aliphatic heterocycles. The number of nitrogens with zero attached hydrogens (tertiary/aromatic N) is 4. The van der Waals surface area contributed by atoms with Crippen LogP contribution in [0.15, 0.2) is 6.20 Å². The van der Waals surface area contributed by atoms with Crippen molar-refractivity contribution in [2.24, 2.45) is 14.1 Å². The van der Waals surface area contributed by atoms with Gasteiger partial charge in [-0.2, -0.15) is 10.2 Å². The van der Waals surface area contributed by atoms with Gasteiger partial charge in [0.25, 0.3) is 0 Å². The number of rotatable bonds is 3. The second kappa shape index (κ2) is 6.90. The van der Waals surface area contributed by atoms with Gasteiger partial charge >= 0.3 is 0 Å². The van der Waals surface area contributed by atoms with E-state index in [1.807, 2.05) is 23.5 Å². The molecule has 3 rings (SSSR count). The van der Waals surface area contributed by atoms with Crippen LogP contribution in [-0.4, -0.2) is 19.6 Å². The minimum absolute atomic E-state index is 0.587. The Balaban J connectivity index is 0.000000168. The number of hydrogen-bond donors (Lipinski definition) is 0. The van der Waals surface area contributed by atoms with Gasteiger partial charge in [0.15, 0.2) is 0 Å². The van der Waals surface area contributed by atoms with E-state index in [-0.39, 0.29) is 0 Å². The predicted octanol–water partition coefficient (Wildman–Crippen LogP) is 4.58. The van der Waals surface area contributed by atoms with E-state index in [0.29, 0.717) is 11.8 Å². The average Bonchev–Trinajstić information content (AvgIpc) is 3.15. The molecule has 1 fully saturated rings. The fourth-order valence-electron chi connectivity index (χ4n) is 3.27. The van der Waals surface area contributed by atoms with Crippen LogP contribution in [0.2, 0.25) is 0 Å². The molecule has 2 aromatic heterocycles. The lowest BCUT2D eigenvalue weighted by molar-refractivity contribution is 0.728. The largest absolute Gasteiger partial charge is 0.275 e. The Bertz CT molecular complexity index is 638. The van der Waals surface area contributed by atoms with Gasteiger partial charge in [0.2, 0.25) is 0 Å². The van der Waals surface area contributed by atoms with Crippen molar-refractivity contribution in [1.29, 1.82) is 0 Å². The van der Waals surface area contributed by atoms with Gasteiger partial charge < -0.3 is 0 Å². The van der Waals surface area contributed by atoms with E-state index in [1.54, 1.807) is 0 Å². The average molecular weight is 316 g/mol. The van der Waals surface area contributed by atoms with Crippen LogP contribution in [0, 0.1) is 13.8 Å². The summed E-state index contributed by atoms with van der Waals surface area (Å²) in [4.78, 5) is 0. The lowest BCUT2D eigenvalue weighted by Crippen LogP contribution is -1.94. The summed E-state index contributed by atoms with van der Waals surface area (Å²) < 4.78 is 3.90. The van der Waals surface area contributed by atoms with E-state index < -0.39 is 0 Å². The van der Waals surface area contributed by atoms with Crippen LogP contribution in [0.1, 0.15) is 86.5 Å². The number of hydrogen-bond acceptors (Lipinski definition) is 2. The van der Waals surface area contributed by atoms with Gasteiger partial charge in [0, 0.05) is 31.9 Å². The zero-order valence-corrected chi connectivity index (χ0v) is 16.0. The molecule has 0 atom stereocenters. The fraction of sp³-hybridized carbons (Fsp3) is 0.684. The van der Waals surface area contributed by atoms with Gasteiger partial charge in [-0.15, -0.1) is 0 Å². The third-order valence-electron chi connectivity index (χ3n) is 4.62. The van der Waals surface area contributed by atoms with E-state index in [1.165, 1.54) is 41.1 Å². The molecule has 1 aliphatic carbocycles. The summed E-state index contributed by atoms with van der Waals surface area (Å²) in [5.41, 5.74) is 6.65. The molecular formula is C19H32N4. The maximum absolute atomic E-state index is 4.51. The van der Waals surface area contributed by atoms with Crippen LogP contribution in [0.4, 0.5) is 0 Å². The third kappa shape index (κ3) is 4.04. The van der Waals surface area contributed by atoms with Crippen LogP contribution in [-0.2, 0) is 14.1 Å². The minimum Gasteiger partial charge on any atom is -0.275 e. The van der Waals surface area contributed by atoms with Gasteiger partial charge in [-0.05, 0) is 49.7 Å². The highest BCUT2D eigenvalue weighted by Crippen LogP contribution is 2.42. The quantitative estimate of drug-likeness (QED) is 0.831. The Morgan fingerprint density at radius 1 is 1.00 bits per heavy atom. The van der Waals surface area contributed by atoms with Crippen LogP contribution >= 0.6 is 0 Å². The Kier molecular flexibility index (Phi) is 5.33. The molecule has 1 saturated carbocycles. The maximum atomic E-state index is 4.51. The van der Waals surface area contributed by atoms with E-state index >= 15 is 0 Å². The highest BCUT2D eigenvalue weighted by molar-refractivity contribution is 5.28. The predicted molar refractivity (Wildman–Crippen MR) is 96.0 cm³/mol. The highest BCUT2D eigenvalue weighted by Gasteiger charge is 2.29. The molecule has 0 aromatic carbocycles. The molecule has 128 valence electrons. The van der Waals surface area contributed by atoms with E-state index in [2.05, 4.69) is 57.9 Å². The second-order valence-corrected chi connectivity index (χ2v) is 7.44. The molecule has 4 nitrogen and oxygen atoms in total. The molecule has 4 heteroatoms. The topological polar surface area (TPSA) is 35.6 Å². The van der Waals surface area contributed by atoms with Gasteiger partial charge in [-0.1, -0.05) is 27.7 Å². The monoisotopic (exact) mass is 316 g/mol. The zero-order valence-electron chi connectivity index (χ0n) is 16.0. The van der Waals surface area contributed by atoms with Gasteiger partial charge in [-0.3, -0.25) is 9.36 Å². The summed E-state index contributed by atoms with van der Waals surface area (Å²) in [5, 5.41) is 8.86. The summed E-state index contributed by atoms with van der Waals surface area (Å²) >= 11 is 0. The van der Waals surface area contributed by atoms with Crippen LogP contribution < -0.4 is 0 Å². The lowest BCUT2D eigenvalue weighted by atomic mass is 10.0. The summed E-state index contributed by atoms with van der Waals surface area (Å²) in [6.45, 7) is 13.1. The molecule has 0 amide bonds. The Morgan fingerprint density at radius 2 is 1.61 bits per heavy atom. The molecule has 0 radical (unpaired) electrons. The SMILES string of the molecule is CC(C)c1cn(C)nc1C1CC1.Cc1nn(C)c(C)c1C(C)C. The fourth-order valence-corrected chi connectivity index (χ4v) is 3.27. The second-order valence-electron chi connectivity index (χ2n) is 7.44. The van der Waals surface area contributed by atoms with Crippen molar-refractivity contribution in [3.05, 3.63) is 34.4 Å². The zero-order chi connectivity index (χ0) is 17.3. The first kappa shape index (κ1) is 17.8. The Hall–Kier alpha value is -1.58. The van der Waals surface area contributed by atoms with Crippen molar-refractivity contribution in [1.82, 2.24) is 19.6 Å². The summed E-state index contributed by atoms with van der Waals surface area (Å²) in [6, 6.07) is 0. The third-order valence-corrected chi connectivity index (χ3v) is 4.62. The van der Waals surface area contributed by atoms with Crippen LogP contribution in [0.3, 0.4) is 0 Å². The van der Waals surface area contributed by atoms with Gasteiger partial charge in [-0.25, -0.2) is 0 Å². The van der Waals surface area contributed by atoms with E-state index in [4.69, 9.17) is 0 Å². The Morgan fingerprint density at radius 3 is 1.96 bits per heavy atom. The van der Waals surface area contributed by atoms with Crippen molar-refractivity contribution in [2.75, 3.05) is 0 Å². The van der Waals surface area contributed by atoms with Gasteiger partial charge in [0.05, 0.1) is 11.4 Å². The molecule has 2 heterocycles. The van der Waals surface area contributed by atoms with Crippen molar-refractivity contribution >= 4 is 0 Å². The standard InChI is InChI=1S/C10H16N2.C9H16N2/c1-7(2)9-6-12(3)11-10(9)8-4-5-8;1-6(2)9-7(3)10-11(5)8(9)4/h6-8H,4-5H2,1-3H3;6H,1-5H3. The normalized spacial score (nSPS) is 14.3. The minimum atomic E-state index is 0.587. The van der Waals surface area contributed by atoms with E-state index in [0.717, 1.165) is 5.92 Å². The summed E-state index contributed by atoms with van der Waals surface area (Å²) in [6.07, 6.45) is 4.85. The first-order valence-corrected chi connectivity index (χ1v) is 8.75. The molecule has 0 bridgehead atoms. The first-order chi connectivity index (χ1) is 10.7. The molecule has 1 aliphatic rings. The molecular weight excluding hydrogens is 284 g/mol. The van der Waals surface area contributed by atoms with Crippen molar-refractivity contribution in [2.45, 2.75) is 72.1 Å². The molecule has 23 heavy (non-hydrogen) atoms.